The number of carbonyl (C=O) groups is 3. The van der Waals surface area contributed by atoms with E-state index in [0.29, 0.717) is 15.7 Å². The Kier molecular flexibility index (Phi) is 5.57. The van der Waals surface area contributed by atoms with Crippen LogP contribution in [0.1, 0.15) is 11.1 Å². The van der Waals surface area contributed by atoms with Crippen molar-refractivity contribution in [3.05, 3.63) is 56.0 Å². The van der Waals surface area contributed by atoms with Crippen LogP contribution in [-0.4, -0.2) is 30.1 Å². The predicted molar refractivity (Wildman–Crippen MR) is 110 cm³/mol. The summed E-state index contributed by atoms with van der Waals surface area (Å²) in [6, 6.07) is 7.01. The van der Waals surface area contributed by atoms with Crippen molar-refractivity contribution in [2.75, 3.05) is 12.0 Å². The van der Waals surface area contributed by atoms with Crippen molar-refractivity contribution >= 4 is 61.5 Å². The molecule has 0 spiro atoms. The molecule has 2 N–H and O–H groups in total. The number of barbiturate groups is 1. The third-order valence-electron chi connectivity index (χ3n) is 4.10. The molecule has 0 bridgehead atoms. The number of nitrogens with one attached hydrogen (secondary N) is 1. The van der Waals surface area contributed by atoms with Crippen LogP contribution in [0.3, 0.4) is 0 Å². The minimum Gasteiger partial charge on any atom is -0.504 e. The van der Waals surface area contributed by atoms with Gasteiger partial charge >= 0.3 is 6.03 Å². The fourth-order valence-corrected chi connectivity index (χ4v) is 3.34. The molecule has 1 saturated heterocycles. The van der Waals surface area contributed by atoms with Crippen molar-refractivity contribution in [3.63, 3.8) is 0 Å². The van der Waals surface area contributed by atoms with Crippen molar-refractivity contribution in [3.8, 4) is 11.5 Å². The quantitative estimate of drug-likeness (QED) is 0.483. The third-order valence-corrected chi connectivity index (χ3v) is 5.68. The zero-order valence-electron chi connectivity index (χ0n) is 14.7. The van der Waals surface area contributed by atoms with Crippen LogP contribution in [0.2, 0.25) is 0 Å². The number of hydrogen-bond donors (Lipinski definition) is 2. The van der Waals surface area contributed by atoms with Crippen LogP contribution in [0, 0.1) is 6.92 Å². The van der Waals surface area contributed by atoms with E-state index in [9.17, 15) is 19.5 Å². The van der Waals surface area contributed by atoms with E-state index in [1.807, 2.05) is 6.92 Å². The molecule has 1 aliphatic heterocycles. The first kappa shape index (κ1) is 20.1. The van der Waals surface area contributed by atoms with Gasteiger partial charge in [0, 0.05) is 8.95 Å². The van der Waals surface area contributed by atoms with Gasteiger partial charge in [-0.25, -0.2) is 9.69 Å². The lowest BCUT2D eigenvalue weighted by Gasteiger charge is -2.26. The molecule has 1 heterocycles. The van der Waals surface area contributed by atoms with Crippen molar-refractivity contribution in [2.45, 2.75) is 6.92 Å². The van der Waals surface area contributed by atoms with E-state index in [-0.39, 0.29) is 17.1 Å². The molecule has 7 nitrogen and oxygen atoms in total. The number of phenols is 1. The molecule has 0 radical (unpaired) electrons. The first-order valence-electron chi connectivity index (χ1n) is 7.97. The molecule has 0 saturated carbocycles. The summed E-state index contributed by atoms with van der Waals surface area (Å²) in [5.41, 5.74) is 1.36. The first-order valence-corrected chi connectivity index (χ1v) is 9.55. The minimum atomic E-state index is -0.823. The molecule has 1 fully saturated rings. The van der Waals surface area contributed by atoms with Gasteiger partial charge in [-0.3, -0.25) is 14.9 Å². The number of methoxy groups -OCH3 is 1. The molecule has 2 aromatic carbocycles. The molecule has 1 aliphatic rings. The van der Waals surface area contributed by atoms with E-state index in [2.05, 4.69) is 37.2 Å². The molecule has 9 heteroatoms. The van der Waals surface area contributed by atoms with Crippen molar-refractivity contribution in [2.24, 2.45) is 0 Å². The zero-order valence-corrected chi connectivity index (χ0v) is 17.9. The maximum Gasteiger partial charge on any atom is 0.335 e. The second-order valence-corrected chi connectivity index (χ2v) is 7.65. The summed E-state index contributed by atoms with van der Waals surface area (Å²) in [6.07, 6.45) is 1.33. The third kappa shape index (κ3) is 3.67. The number of benzene rings is 2. The number of nitrogens with zero attached hydrogens (tertiary/aromatic N) is 1. The fourth-order valence-electron chi connectivity index (χ4n) is 2.65. The van der Waals surface area contributed by atoms with Crippen LogP contribution in [0.15, 0.2) is 44.9 Å². The van der Waals surface area contributed by atoms with Gasteiger partial charge in [-0.1, -0.05) is 31.9 Å². The van der Waals surface area contributed by atoms with Gasteiger partial charge in [0.1, 0.15) is 5.57 Å². The highest BCUT2D eigenvalue weighted by molar-refractivity contribution is 9.10. The summed E-state index contributed by atoms with van der Waals surface area (Å²) < 4.78 is 6.33. The smallest absolute Gasteiger partial charge is 0.335 e. The molecule has 4 amide bonds. The van der Waals surface area contributed by atoms with Crippen molar-refractivity contribution in [1.82, 2.24) is 5.32 Å². The minimum absolute atomic E-state index is 0.0990. The Balaban J connectivity index is 2.07. The van der Waals surface area contributed by atoms with Gasteiger partial charge in [0.05, 0.1) is 12.8 Å². The highest BCUT2D eigenvalue weighted by Gasteiger charge is 2.37. The van der Waals surface area contributed by atoms with E-state index in [1.54, 1.807) is 18.2 Å². The Bertz CT molecular complexity index is 1050. The average Bonchev–Trinajstić information content (AvgIpc) is 2.63. The van der Waals surface area contributed by atoms with Gasteiger partial charge in [-0.2, -0.15) is 0 Å². The van der Waals surface area contributed by atoms with E-state index in [0.717, 1.165) is 14.9 Å². The van der Waals surface area contributed by atoms with Crippen LogP contribution in [-0.2, 0) is 9.59 Å². The fraction of sp³-hybridized carbons (Fsp3) is 0.105. The summed E-state index contributed by atoms with van der Waals surface area (Å²) >= 11 is 6.65. The van der Waals surface area contributed by atoms with Gasteiger partial charge < -0.3 is 9.84 Å². The number of imide groups is 2. The SMILES string of the molecule is COc1cc(/C=C2\C(=O)NC(=O)N(c3ccc(Br)c(C)c3)C2=O)c(Br)cc1O. The van der Waals surface area contributed by atoms with Crippen molar-refractivity contribution in [1.29, 1.82) is 0 Å². The monoisotopic (exact) mass is 508 g/mol. The van der Waals surface area contributed by atoms with Crippen LogP contribution >= 0.6 is 31.9 Å². The molecule has 0 aliphatic carbocycles. The highest BCUT2D eigenvalue weighted by Crippen LogP contribution is 2.34. The van der Waals surface area contributed by atoms with Gasteiger partial charge in [0.2, 0.25) is 0 Å². The van der Waals surface area contributed by atoms with Crippen LogP contribution in [0.25, 0.3) is 6.08 Å². The number of halogens is 2. The maximum atomic E-state index is 12.9. The molecular formula is C19H14Br2N2O5. The number of aryl methyl sites for hydroxylation is 1. The van der Waals surface area contributed by atoms with E-state index >= 15 is 0 Å². The van der Waals surface area contributed by atoms with Crippen molar-refractivity contribution < 1.29 is 24.2 Å². The molecular weight excluding hydrogens is 496 g/mol. The Labute approximate surface area is 177 Å². The van der Waals surface area contributed by atoms with Crippen LogP contribution in [0.5, 0.6) is 11.5 Å². The Morgan fingerprint density at radius 3 is 2.46 bits per heavy atom. The topological polar surface area (TPSA) is 95.9 Å². The molecule has 0 unspecified atom stereocenters. The largest absolute Gasteiger partial charge is 0.504 e. The summed E-state index contributed by atoms with van der Waals surface area (Å²) in [4.78, 5) is 38.4. The Morgan fingerprint density at radius 1 is 1.11 bits per heavy atom. The number of anilines is 1. The lowest BCUT2D eigenvalue weighted by Crippen LogP contribution is -2.54. The number of ether oxygens (including phenoxy) is 1. The predicted octanol–water partition coefficient (Wildman–Crippen LogP) is 3.90. The summed E-state index contributed by atoms with van der Waals surface area (Å²) in [5, 5.41) is 12.0. The number of carbonyl (C=O) groups excluding carboxylic acids is 3. The van der Waals surface area contributed by atoms with Gasteiger partial charge in [0.25, 0.3) is 11.8 Å². The number of amides is 4. The van der Waals surface area contributed by atoms with Gasteiger partial charge in [-0.05, 0) is 54.5 Å². The van der Waals surface area contributed by atoms with Gasteiger partial charge in [0.15, 0.2) is 11.5 Å². The normalized spacial score (nSPS) is 15.8. The lowest BCUT2D eigenvalue weighted by molar-refractivity contribution is -0.122. The molecule has 144 valence electrons. The van der Waals surface area contributed by atoms with Gasteiger partial charge in [-0.15, -0.1) is 0 Å². The molecule has 2 aromatic rings. The second kappa shape index (κ2) is 7.76. The number of urea groups is 1. The summed E-state index contributed by atoms with van der Waals surface area (Å²) in [7, 11) is 1.38. The summed E-state index contributed by atoms with van der Waals surface area (Å²) in [6.45, 7) is 1.82. The molecule has 28 heavy (non-hydrogen) atoms. The summed E-state index contributed by atoms with van der Waals surface area (Å²) in [5.74, 6) is -1.48. The lowest BCUT2D eigenvalue weighted by atomic mass is 10.1. The number of aromatic hydroxyl groups is 1. The van der Waals surface area contributed by atoms with E-state index < -0.39 is 17.8 Å². The van der Waals surface area contributed by atoms with E-state index in [4.69, 9.17) is 4.74 Å². The molecule has 0 aromatic heterocycles. The maximum absolute atomic E-state index is 12.9. The second-order valence-electron chi connectivity index (χ2n) is 5.94. The van der Waals surface area contributed by atoms with E-state index in [1.165, 1.54) is 25.3 Å². The number of rotatable bonds is 3. The van der Waals surface area contributed by atoms with Crippen LogP contribution in [0.4, 0.5) is 10.5 Å². The zero-order chi connectivity index (χ0) is 20.6. The highest BCUT2D eigenvalue weighted by atomic mass is 79.9. The first-order chi connectivity index (χ1) is 13.2. The molecule has 0 atom stereocenters. The number of hydrogen-bond acceptors (Lipinski definition) is 5. The Hall–Kier alpha value is -2.65. The molecule has 3 rings (SSSR count). The average molecular weight is 510 g/mol. The standard InChI is InChI=1S/C19H14Br2N2O5/c1-9-5-11(3-4-13(9)20)23-18(26)12(17(25)22-19(23)27)6-10-7-16(28-2)15(24)8-14(10)21/h3-8,24H,1-2H3,(H,22,25,27)/b12-6+. The Morgan fingerprint density at radius 2 is 1.82 bits per heavy atom. The van der Waals surface area contributed by atoms with Crippen LogP contribution < -0.4 is 15.0 Å². The number of phenolic OH excluding ortho intramolecular Hbond substituents is 1.